The fraction of sp³-hybridized carbons (Fsp3) is 0. The molecule has 0 unspecified atom stereocenters. The topological polar surface area (TPSA) is 55.1 Å². The summed E-state index contributed by atoms with van der Waals surface area (Å²) in [5.74, 6) is 4.55. The maximum Gasteiger partial charge on any atom is 0.265 e. The Morgan fingerprint density at radius 2 is 2.09 bits per heavy atom. The second-order valence-corrected chi connectivity index (χ2v) is 2.06. The van der Waals surface area contributed by atoms with Crippen molar-refractivity contribution >= 4 is 5.91 Å². The summed E-state index contributed by atoms with van der Waals surface area (Å²) in [5, 5.41) is 0. The van der Waals surface area contributed by atoms with Crippen LogP contribution < -0.4 is 11.3 Å². The van der Waals surface area contributed by atoms with Crippen LogP contribution in [0.5, 0.6) is 0 Å². The van der Waals surface area contributed by atoms with Crippen molar-refractivity contribution in [3.05, 3.63) is 42.3 Å². The Hall–Kier alpha value is -1.35. The van der Waals surface area contributed by atoms with Gasteiger partial charge in [-0.2, -0.15) is 0 Å². The van der Waals surface area contributed by atoms with Crippen LogP contribution in [0.25, 0.3) is 0 Å². The maximum absolute atomic E-state index is 10.9. The lowest BCUT2D eigenvalue weighted by atomic mass is 10.1. The number of rotatable bonds is 1. The van der Waals surface area contributed by atoms with Gasteiger partial charge in [0.1, 0.15) is 0 Å². The van der Waals surface area contributed by atoms with E-state index in [9.17, 15) is 4.79 Å². The summed E-state index contributed by atoms with van der Waals surface area (Å²) < 4.78 is 0. The van der Waals surface area contributed by atoms with Gasteiger partial charge in [-0.05, 0) is 18.6 Å². The molecule has 1 rings (SSSR count). The van der Waals surface area contributed by atoms with Crippen molar-refractivity contribution in [2.45, 2.75) is 0 Å². The van der Waals surface area contributed by atoms with Crippen molar-refractivity contribution in [1.29, 1.82) is 0 Å². The van der Waals surface area contributed by atoms with E-state index in [2.05, 4.69) is 0 Å². The average Bonchev–Trinajstić information content (AvgIpc) is 2.04. The molecule has 0 aliphatic heterocycles. The highest BCUT2D eigenvalue weighted by Gasteiger charge is 2.04. The molecule has 3 N–H and O–H groups in total. The van der Waals surface area contributed by atoms with E-state index >= 15 is 0 Å². The number of nitrogens with one attached hydrogen (secondary N) is 1. The number of hydrogen-bond donors (Lipinski definition) is 2. The fourth-order valence-corrected chi connectivity index (χ4v) is 0.782. The summed E-state index contributed by atoms with van der Waals surface area (Å²) in [6.45, 7) is 5.48. The van der Waals surface area contributed by atoms with Crippen LogP contribution in [-0.2, 0) is 0 Å². The smallest absolute Gasteiger partial charge is 0.265 e. The predicted molar refractivity (Wildman–Crippen MR) is 41.5 cm³/mol. The van der Waals surface area contributed by atoms with Crippen LogP contribution in [0.15, 0.2) is 24.3 Å². The largest absolute Gasteiger partial charge is 0.290 e. The van der Waals surface area contributed by atoms with Gasteiger partial charge in [-0.25, -0.2) is 5.84 Å². The van der Waals surface area contributed by atoms with E-state index in [-0.39, 0.29) is 5.91 Å². The summed E-state index contributed by atoms with van der Waals surface area (Å²) in [5.41, 5.74) is 2.83. The lowest BCUT2D eigenvalue weighted by Gasteiger charge is -2.01. The summed E-state index contributed by atoms with van der Waals surface area (Å²) in [6, 6.07) is 6.73. The number of carbonyl (C=O) groups is 1. The minimum Gasteiger partial charge on any atom is -0.290 e. The molecule has 56 valence electrons. The van der Waals surface area contributed by atoms with Crippen molar-refractivity contribution in [3.8, 4) is 0 Å². The molecule has 0 atom stereocenters. The lowest BCUT2D eigenvalue weighted by Crippen LogP contribution is -2.30. The Labute approximate surface area is 65.2 Å². The van der Waals surface area contributed by atoms with Crippen molar-refractivity contribution in [1.82, 2.24) is 5.43 Å². The summed E-state index contributed by atoms with van der Waals surface area (Å²) in [4.78, 5) is 10.9. The van der Waals surface area contributed by atoms with Crippen LogP contribution in [-0.4, -0.2) is 5.91 Å². The molecule has 3 nitrogen and oxygen atoms in total. The number of nitrogen functional groups attached to an aromatic ring is 1. The number of hydrazine groups is 1. The first-order valence-electron chi connectivity index (χ1n) is 3.11. The Morgan fingerprint density at radius 1 is 1.45 bits per heavy atom. The van der Waals surface area contributed by atoms with Crippen molar-refractivity contribution in [2.24, 2.45) is 5.84 Å². The number of nitrogens with two attached hydrogens (primary N) is 1. The quantitative estimate of drug-likeness (QED) is 0.343. The zero-order valence-corrected chi connectivity index (χ0v) is 5.87. The van der Waals surface area contributed by atoms with Gasteiger partial charge in [0.05, 0.1) is 0 Å². The number of hydrogen-bond acceptors (Lipinski definition) is 2. The van der Waals surface area contributed by atoms with Gasteiger partial charge in [0, 0.05) is 5.56 Å². The Kier molecular flexibility index (Phi) is 2.23. The normalized spacial score (nSPS) is 9.27. The van der Waals surface area contributed by atoms with Crippen LogP contribution in [0.3, 0.4) is 0 Å². The Balaban J connectivity index is 3.03. The molecular formula is C8H8N2O. The third-order valence-electron chi connectivity index (χ3n) is 1.34. The molecule has 1 amide bonds. The van der Waals surface area contributed by atoms with Gasteiger partial charge in [0.2, 0.25) is 0 Å². The number of benzene rings is 1. The summed E-state index contributed by atoms with van der Waals surface area (Å²) >= 11 is 0. The van der Waals surface area contributed by atoms with Gasteiger partial charge in [0.25, 0.3) is 5.91 Å². The van der Waals surface area contributed by atoms with E-state index in [1.807, 2.05) is 5.43 Å². The molecule has 0 spiro atoms. The molecule has 0 saturated carbocycles. The van der Waals surface area contributed by atoms with Crippen molar-refractivity contribution < 1.29 is 4.79 Å². The molecule has 0 aromatic heterocycles. The predicted octanol–water partition coefficient (Wildman–Crippen LogP) is 0.349. The van der Waals surface area contributed by atoms with Crippen LogP contribution in [0.4, 0.5) is 0 Å². The third-order valence-corrected chi connectivity index (χ3v) is 1.34. The SMILES string of the molecule is [CH]c1ccccc1C(=O)NN. The summed E-state index contributed by atoms with van der Waals surface area (Å²) in [7, 11) is 0. The molecule has 0 bridgehead atoms. The molecule has 0 fully saturated rings. The van der Waals surface area contributed by atoms with E-state index < -0.39 is 0 Å². The number of amides is 1. The minimum atomic E-state index is -0.372. The van der Waals surface area contributed by atoms with E-state index in [4.69, 9.17) is 12.8 Å². The van der Waals surface area contributed by atoms with E-state index in [1.165, 1.54) is 0 Å². The van der Waals surface area contributed by atoms with Gasteiger partial charge in [-0.15, -0.1) is 0 Å². The van der Waals surface area contributed by atoms with Gasteiger partial charge in [-0.1, -0.05) is 18.2 Å². The number of carbonyl (C=O) groups excluding carboxylic acids is 1. The second-order valence-electron chi connectivity index (χ2n) is 2.06. The molecule has 0 heterocycles. The molecular weight excluding hydrogens is 140 g/mol. The van der Waals surface area contributed by atoms with Gasteiger partial charge >= 0.3 is 0 Å². The highest BCUT2D eigenvalue weighted by atomic mass is 16.2. The van der Waals surface area contributed by atoms with Crippen LogP contribution in [0.1, 0.15) is 15.9 Å². The molecule has 3 heteroatoms. The third kappa shape index (κ3) is 1.56. The zero-order valence-electron chi connectivity index (χ0n) is 5.87. The highest BCUT2D eigenvalue weighted by Crippen LogP contribution is 2.05. The highest BCUT2D eigenvalue weighted by molar-refractivity contribution is 5.95. The van der Waals surface area contributed by atoms with Gasteiger partial charge in [0.15, 0.2) is 0 Å². The molecule has 0 saturated heterocycles. The monoisotopic (exact) mass is 148 g/mol. The standard InChI is InChI=1S/C8H8N2O/c1-6-4-2-3-5-7(6)8(11)10-9/h1-5H,9H2,(H,10,11). The first-order valence-corrected chi connectivity index (χ1v) is 3.11. The van der Waals surface area contributed by atoms with Crippen LogP contribution in [0, 0.1) is 6.92 Å². The first kappa shape index (κ1) is 7.75. The van der Waals surface area contributed by atoms with Crippen LogP contribution >= 0.6 is 0 Å². The Bertz CT molecular complexity index is 271. The van der Waals surface area contributed by atoms with E-state index in [1.54, 1.807) is 24.3 Å². The first-order chi connectivity index (χ1) is 5.25. The van der Waals surface area contributed by atoms with Crippen molar-refractivity contribution in [2.75, 3.05) is 0 Å². The molecule has 0 aliphatic carbocycles. The lowest BCUT2D eigenvalue weighted by molar-refractivity contribution is 0.0953. The second kappa shape index (κ2) is 3.16. The van der Waals surface area contributed by atoms with Gasteiger partial charge < -0.3 is 0 Å². The minimum absolute atomic E-state index is 0.372. The fourth-order valence-electron chi connectivity index (χ4n) is 0.782. The van der Waals surface area contributed by atoms with E-state index in [0.717, 1.165) is 0 Å². The van der Waals surface area contributed by atoms with E-state index in [0.29, 0.717) is 11.1 Å². The molecule has 0 aliphatic rings. The molecule has 11 heavy (non-hydrogen) atoms. The maximum atomic E-state index is 10.9. The van der Waals surface area contributed by atoms with Gasteiger partial charge in [-0.3, -0.25) is 10.2 Å². The Morgan fingerprint density at radius 3 is 2.64 bits per heavy atom. The molecule has 2 radical (unpaired) electrons. The molecule has 1 aromatic rings. The average molecular weight is 148 g/mol. The summed E-state index contributed by atoms with van der Waals surface area (Å²) in [6.07, 6.45) is 0. The molecule has 1 aromatic carbocycles. The van der Waals surface area contributed by atoms with Crippen LogP contribution in [0.2, 0.25) is 0 Å². The zero-order chi connectivity index (χ0) is 8.27. The van der Waals surface area contributed by atoms with Crippen molar-refractivity contribution in [3.63, 3.8) is 0 Å².